The van der Waals surface area contributed by atoms with Crippen LogP contribution < -0.4 is 0 Å². The third-order valence-corrected chi connectivity index (χ3v) is 4.08. The van der Waals surface area contributed by atoms with Gasteiger partial charge in [-0.1, -0.05) is 24.3 Å². The van der Waals surface area contributed by atoms with Gasteiger partial charge in [-0.05, 0) is 42.7 Å². The summed E-state index contributed by atoms with van der Waals surface area (Å²) in [5.41, 5.74) is 3.29. The topological polar surface area (TPSA) is 20.2 Å². The van der Waals surface area contributed by atoms with Crippen molar-refractivity contribution in [2.45, 2.75) is 31.6 Å². The molecule has 2 aliphatic rings. The maximum absolute atomic E-state index is 9.44. The van der Waals surface area contributed by atoms with Gasteiger partial charge in [0.25, 0.3) is 0 Å². The van der Waals surface area contributed by atoms with E-state index in [1.807, 2.05) is 0 Å². The van der Waals surface area contributed by atoms with Crippen molar-refractivity contribution in [1.82, 2.24) is 0 Å². The lowest BCUT2D eigenvalue weighted by atomic mass is 9.85. The normalized spacial score (nSPS) is 27.4. The summed E-state index contributed by atoms with van der Waals surface area (Å²) in [6.07, 6.45) is 4.91. The van der Waals surface area contributed by atoms with E-state index in [4.69, 9.17) is 0 Å². The van der Waals surface area contributed by atoms with Crippen LogP contribution in [0, 0.1) is 5.41 Å². The van der Waals surface area contributed by atoms with Gasteiger partial charge in [-0.25, -0.2) is 0 Å². The van der Waals surface area contributed by atoms with Crippen LogP contribution in [0.2, 0.25) is 0 Å². The number of aryl methyl sites for hydroxylation is 1. The minimum atomic E-state index is 0.270. The molecule has 74 valence electrons. The number of hydrogen-bond donors (Lipinski definition) is 1. The van der Waals surface area contributed by atoms with Crippen molar-refractivity contribution < 1.29 is 5.11 Å². The highest BCUT2D eigenvalue weighted by atomic mass is 16.3. The van der Waals surface area contributed by atoms with Crippen molar-refractivity contribution in [3.05, 3.63) is 35.4 Å². The van der Waals surface area contributed by atoms with Crippen LogP contribution >= 0.6 is 0 Å². The molecule has 0 heterocycles. The second-order valence-electron chi connectivity index (χ2n) is 4.81. The minimum Gasteiger partial charge on any atom is -0.396 e. The fraction of sp³-hybridized carbons (Fsp3) is 0.538. The molecule has 1 nitrogen and oxygen atoms in total. The van der Waals surface area contributed by atoms with E-state index in [-0.39, 0.29) is 5.41 Å². The molecule has 0 saturated heterocycles. The second kappa shape index (κ2) is 2.83. The molecule has 2 aliphatic carbocycles. The highest BCUT2D eigenvalue weighted by Gasteiger charge is 2.50. The van der Waals surface area contributed by atoms with Crippen LogP contribution in [-0.4, -0.2) is 11.7 Å². The van der Waals surface area contributed by atoms with E-state index < -0.39 is 0 Å². The molecule has 0 radical (unpaired) electrons. The lowest BCUT2D eigenvalue weighted by Crippen LogP contribution is -2.15. The molecule has 1 atom stereocenters. The molecule has 1 saturated carbocycles. The van der Waals surface area contributed by atoms with Crippen LogP contribution in [0.25, 0.3) is 0 Å². The van der Waals surface area contributed by atoms with E-state index >= 15 is 0 Å². The lowest BCUT2D eigenvalue weighted by molar-refractivity contribution is 0.186. The summed E-state index contributed by atoms with van der Waals surface area (Å²) in [5, 5.41) is 9.44. The first-order valence-electron chi connectivity index (χ1n) is 5.54. The van der Waals surface area contributed by atoms with Gasteiger partial charge in [0.15, 0.2) is 0 Å². The van der Waals surface area contributed by atoms with Crippen molar-refractivity contribution >= 4 is 0 Å². The number of fused-ring (bicyclic) bond motifs is 1. The van der Waals surface area contributed by atoms with Crippen molar-refractivity contribution in [2.24, 2.45) is 5.41 Å². The van der Waals surface area contributed by atoms with E-state index in [1.54, 1.807) is 0 Å². The van der Waals surface area contributed by atoms with Gasteiger partial charge >= 0.3 is 0 Å². The standard InChI is InChI=1S/C13H16O/c14-9-13(7-8-13)12-6-5-10-3-1-2-4-11(10)12/h1-4,12,14H,5-9H2. The number of aliphatic hydroxyl groups is 1. The highest BCUT2D eigenvalue weighted by molar-refractivity contribution is 5.37. The van der Waals surface area contributed by atoms with Crippen molar-refractivity contribution in [3.8, 4) is 0 Å². The first kappa shape index (κ1) is 8.49. The van der Waals surface area contributed by atoms with Crippen LogP contribution in [-0.2, 0) is 6.42 Å². The monoisotopic (exact) mass is 188 g/mol. The molecule has 1 N–H and O–H groups in total. The smallest absolute Gasteiger partial charge is 0.0493 e. The summed E-state index contributed by atoms with van der Waals surface area (Å²) in [6.45, 7) is 0.381. The van der Waals surface area contributed by atoms with Gasteiger partial charge < -0.3 is 5.11 Å². The Hall–Kier alpha value is -0.820. The largest absolute Gasteiger partial charge is 0.396 e. The Balaban J connectivity index is 1.98. The Kier molecular flexibility index (Phi) is 1.72. The summed E-state index contributed by atoms with van der Waals surface area (Å²) >= 11 is 0. The third kappa shape index (κ3) is 1.05. The Morgan fingerprint density at radius 3 is 2.79 bits per heavy atom. The molecule has 14 heavy (non-hydrogen) atoms. The molecule has 0 bridgehead atoms. The van der Waals surface area contributed by atoms with E-state index in [9.17, 15) is 5.11 Å². The molecule has 0 aromatic heterocycles. The number of rotatable bonds is 2. The van der Waals surface area contributed by atoms with Gasteiger partial charge in [0.05, 0.1) is 0 Å². The predicted molar refractivity (Wildman–Crippen MR) is 56.3 cm³/mol. The molecule has 0 aliphatic heterocycles. The van der Waals surface area contributed by atoms with Gasteiger partial charge in [-0.15, -0.1) is 0 Å². The third-order valence-electron chi connectivity index (χ3n) is 4.08. The van der Waals surface area contributed by atoms with Gasteiger partial charge in [0, 0.05) is 12.0 Å². The Bertz CT molecular complexity index is 352. The number of benzene rings is 1. The fourth-order valence-corrected chi connectivity index (χ4v) is 2.97. The van der Waals surface area contributed by atoms with E-state index in [0.717, 1.165) is 0 Å². The molecular weight excluding hydrogens is 172 g/mol. The Labute approximate surface area is 84.8 Å². The van der Waals surface area contributed by atoms with Gasteiger partial charge in [0.2, 0.25) is 0 Å². The number of aliphatic hydroxyl groups excluding tert-OH is 1. The molecule has 0 spiro atoms. The van der Waals surface area contributed by atoms with Gasteiger partial charge in [-0.2, -0.15) is 0 Å². The SMILES string of the molecule is OCC1(C2CCc3ccccc32)CC1. The zero-order chi connectivity index (χ0) is 9.60. The molecule has 1 fully saturated rings. The van der Waals surface area contributed by atoms with Gasteiger partial charge in [0.1, 0.15) is 0 Å². The molecule has 1 aromatic rings. The zero-order valence-corrected chi connectivity index (χ0v) is 8.37. The van der Waals surface area contributed by atoms with E-state index in [0.29, 0.717) is 12.5 Å². The Morgan fingerprint density at radius 1 is 1.29 bits per heavy atom. The van der Waals surface area contributed by atoms with Gasteiger partial charge in [-0.3, -0.25) is 0 Å². The van der Waals surface area contributed by atoms with Crippen molar-refractivity contribution in [2.75, 3.05) is 6.61 Å². The van der Waals surface area contributed by atoms with E-state index in [2.05, 4.69) is 24.3 Å². The lowest BCUT2D eigenvalue weighted by Gasteiger charge is -2.21. The van der Waals surface area contributed by atoms with Crippen LogP contribution in [0.3, 0.4) is 0 Å². The average molecular weight is 188 g/mol. The molecule has 1 aromatic carbocycles. The highest BCUT2D eigenvalue weighted by Crippen LogP contribution is 2.59. The number of hydrogen-bond acceptors (Lipinski definition) is 1. The van der Waals surface area contributed by atoms with Crippen LogP contribution in [0.5, 0.6) is 0 Å². The quantitative estimate of drug-likeness (QED) is 0.756. The first-order chi connectivity index (χ1) is 6.86. The van der Waals surface area contributed by atoms with Crippen LogP contribution in [0.4, 0.5) is 0 Å². The molecule has 1 heteroatoms. The fourth-order valence-electron chi connectivity index (χ4n) is 2.97. The second-order valence-corrected chi connectivity index (χ2v) is 4.81. The molecular formula is C13H16O. The van der Waals surface area contributed by atoms with E-state index in [1.165, 1.54) is 36.8 Å². The minimum absolute atomic E-state index is 0.270. The average Bonchev–Trinajstić information content (AvgIpc) is 2.91. The summed E-state index contributed by atoms with van der Waals surface area (Å²) in [7, 11) is 0. The first-order valence-corrected chi connectivity index (χ1v) is 5.54. The molecule has 3 rings (SSSR count). The molecule has 0 amide bonds. The predicted octanol–water partition coefficient (Wildman–Crippen LogP) is 2.49. The van der Waals surface area contributed by atoms with Crippen molar-refractivity contribution in [1.29, 1.82) is 0 Å². The summed E-state index contributed by atoms with van der Waals surface area (Å²) in [5.74, 6) is 0.642. The van der Waals surface area contributed by atoms with Crippen LogP contribution in [0.15, 0.2) is 24.3 Å². The molecule has 1 unspecified atom stereocenters. The van der Waals surface area contributed by atoms with Crippen LogP contribution in [0.1, 0.15) is 36.3 Å². The zero-order valence-electron chi connectivity index (χ0n) is 8.37. The summed E-state index contributed by atoms with van der Waals surface area (Å²) in [6, 6.07) is 8.75. The summed E-state index contributed by atoms with van der Waals surface area (Å²) in [4.78, 5) is 0. The maximum Gasteiger partial charge on any atom is 0.0493 e. The van der Waals surface area contributed by atoms with Crippen molar-refractivity contribution in [3.63, 3.8) is 0 Å². The summed E-state index contributed by atoms with van der Waals surface area (Å²) < 4.78 is 0. The Morgan fingerprint density at radius 2 is 2.07 bits per heavy atom. The maximum atomic E-state index is 9.44.